The molecule has 9 nitrogen and oxygen atoms in total. The molecule has 2 aromatic heterocycles. The molecule has 0 unspecified atom stereocenters. The molecule has 0 N–H and O–H groups in total. The zero-order chi connectivity index (χ0) is 34.5. The third-order valence-corrected chi connectivity index (χ3v) is 9.68. The van der Waals surface area contributed by atoms with Gasteiger partial charge in [0.25, 0.3) is 0 Å². The van der Waals surface area contributed by atoms with Gasteiger partial charge in [-0.2, -0.15) is 9.61 Å². The molecule has 7 rings (SSSR count). The van der Waals surface area contributed by atoms with E-state index in [2.05, 4.69) is 5.10 Å². The van der Waals surface area contributed by atoms with Crippen LogP contribution in [0.3, 0.4) is 0 Å². The number of phosphoric ester groups is 1. The van der Waals surface area contributed by atoms with Gasteiger partial charge in [-0.15, -0.1) is 5.10 Å². The molecule has 0 atom stereocenters. The first-order valence-electron chi connectivity index (χ1n) is 15.6. The van der Waals surface area contributed by atoms with Crippen molar-refractivity contribution in [2.45, 2.75) is 19.8 Å². The highest BCUT2D eigenvalue weighted by atomic mass is 35.5. The molecular weight excluding hydrogens is 694 g/mol. The van der Waals surface area contributed by atoms with Crippen LogP contribution >= 0.6 is 31.0 Å². The van der Waals surface area contributed by atoms with E-state index in [1.807, 2.05) is 84.9 Å². The molecule has 0 fully saturated rings. The normalized spacial score (nSPS) is 11.6. The van der Waals surface area contributed by atoms with Crippen LogP contribution in [0.5, 0.6) is 5.75 Å². The van der Waals surface area contributed by atoms with E-state index in [9.17, 15) is 9.36 Å². The minimum Gasteiger partial charge on any atom is -0.404 e. The Bertz CT molecular complexity index is 2300. The van der Waals surface area contributed by atoms with Gasteiger partial charge in [0, 0.05) is 26.7 Å². The van der Waals surface area contributed by atoms with E-state index in [0.29, 0.717) is 26.8 Å². The lowest BCUT2D eigenvalue weighted by Crippen LogP contribution is -2.23. The maximum absolute atomic E-state index is 14.2. The summed E-state index contributed by atoms with van der Waals surface area (Å²) in [6.07, 6.45) is 1.63. The van der Waals surface area contributed by atoms with Crippen molar-refractivity contribution in [1.29, 1.82) is 0 Å². The first-order valence-corrected chi connectivity index (χ1v) is 17.8. The molecule has 0 saturated carbocycles. The Morgan fingerprint density at radius 2 is 1.20 bits per heavy atom. The first kappa shape index (κ1) is 33.5. The van der Waals surface area contributed by atoms with Crippen LogP contribution < -0.4 is 10.2 Å². The molecule has 50 heavy (non-hydrogen) atoms. The third kappa shape index (κ3) is 7.58. The fraction of sp³-hybridized carbons (Fsp3) is 0.0789. The van der Waals surface area contributed by atoms with Gasteiger partial charge in [0.2, 0.25) is 0 Å². The van der Waals surface area contributed by atoms with Crippen LogP contribution in [-0.2, 0) is 33.4 Å². The molecule has 7 aromatic rings. The van der Waals surface area contributed by atoms with Crippen molar-refractivity contribution in [2.75, 3.05) is 0 Å². The number of nitrogens with zero attached hydrogens (tertiary/aromatic N) is 4. The molecule has 0 radical (unpaired) electrons. The van der Waals surface area contributed by atoms with Crippen LogP contribution in [0.4, 0.5) is 0 Å². The van der Waals surface area contributed by atoms with Gasteiger partial charge in [0.05, 0.1) is 26.0 Å². The number of halogens is 2. The van der Waals surface area contributed by atoms with E-state index in [1.165, 1.54) is 9.20 Å². The van der Waals surface area contributed by atoms with Crippen molar-refractivity contribution >= 4 is 36.7 Å². The summed E-state index contributed by atoms with van der Waals surface area (Å²) in [6.45, 7) is -0.0296. The fourth-order valence-electron chi connectivity index (χ4n) is 5.36. The van der Waals surface area contributed by atoms with Gasteiger partial charge in [0.15, 0.2) is 5.65 Å². The van der Waals surface area contributed by atoms with E-state index in [-0.39, 0.29) is 25.5 Å². The second-order valence-corrected chi connectivity index (χ2v) is 13.8. The summed E-state index contributed by atoms with van der Waals surface area (Å²) >= 11 is 12.4. The number of hydrogen-bond donors (Lipinski definition) is 0. The smallest absolute Gasteiger partial charge is 0.404 e. The summed E-state index contributed by atoms with van der Waals surface area (Å²) in [5, 5.41) is 10.4. The van der Waals surface area contributed by atoms with Gasteiger partial charge in [-0.3, -0.25) is 9.05 Å². The highest BCUT2D eigenvalue weighted by Crippen LogP contribution is 2.51. The summed E-state index contributed by atoms with van der Waals surface area (Å²) in [5.41, 5.74) is 5.06. The summed E-state index contributed by atoms with van der Waals surface area (Å²) in [5.74, 6) is 0.216. The molecule has 0 amide bonds. The van der Waals surface area contributed by atoms with Crippen LogP contribution in [-0.4, -0.2) is 19.4 Å². The lowest BCUT2D eigenvalue weighted by molar-refractivity contribution is 0.143. The topological polar surface area (TPSA) is 97.0 Å². The number of aromatic nitrogens is 4. The quantitative estimate of drug-likeness (QED) is 0.116. The maximum Gasteiger partial charge on any atom is 0.530 e. The molecular formula is C38H29Cl2N4O5P. The fourth-order valence-corrected chi connectivity index (χ4v) is 6.83. The van der Waals surface area contributed by atoms with Gasteiger partial charge < -0.3 is 4.52 Å². The highest BCUT2D eigenvalue weighted by Gasteiger charge is 2.30. The predicted octanol–water partition coefficient (Wildman–Crippen LogP) is 9.50. The standard InChI is InChI=1S/C38H29Cl2N4O5P/c39-32-19-15-29(16-20-32)34-23-41-44-37(36(34)30-17-21-33(40)22-18-30)42-43(38(44)45)24-31-13-7-8-14-35(31)49-50(46,47-25-27-9-3-1-4-10-27)48-26-28-11-5-2-6-12-28/h1-23H,24-26H2. The highest BCUT2D eigenvalue weighted by molar-refractivity contribution is 7.48. The molecule has 0 aliphatic heterocycles. The predicted molar refractivity (Wildman–Crippen MR) is 194 cm³/mol. The molecule has 0 bridgehead atoms. The number of fused-ring (bicyclic) bond motifs is 1. The van der Waals surface area contributed by atoms with Crippen molar-refractivity contribution < 1.29 is 18.1 Å². The van der Waals surface area contributed by atoms with E-state index in [4.69, 9.17) is 41.9 Å². The lowest BCUT2D eigenvalue weighted by atomic mass is 9.97. The molecule has 0 aliphatic rings. The molecule has 0 aliphatic carbocycles. The zero-order valence-electron chi connectivity index (χ0n) is 26.4. The Morgan fingerprint density at radius 3 is 1.80 bits per heavy atom. The molecule has 250 valence electrons. The van der Waals surface area contributed by atoms with E-state index in [0.717, 1.165) is 27.8 Å². The van der Waals surface area contributed by atoms with Crippen molar-refractivity contribution in [3.8, 4) is 28.0 Å². The van der Waals surface area contributed by atoms with Gasteiger partial charge >= 0.3 is 13.5 Å². The minimum atomic E-state index is -4.19. The van der Waals surface area contributed by atoms with Crippen molar-refractivity contribution in [3.05, 3.63) is 177 Å². The van der Waals surface area contributed by atoms with Crippen LogP contribution in [0, 0.1) is 0 Å². The summed E-state index contributed by atoms with van der Waals surface area (Å²) in [6, 6.07) is 40.2. The monoisotopic (exact) mass is 722 g/mol. The SMILES string of the molecule is O=c1n(Cc2ccccc2OP(=O)(OCc2ccccc2)OCc2ccccc2)nc2c(-c3ccc(Cl)cc3)c(-c3ccc(Cl)cc3)cnn12. The van der Waals surface area contributed by atoms with Crippen LogP contribution in [0.15, 0.2) is 144 Å². The van der Waals surface area contributed by atoms with E-state index >= 15 is 0 Å². The first-order chi connectivity index (χ1) is 24.3. The van der Waals surface area contributed by atoms with Crippen molar-refractivity contribution in [3.63, 3.8) is 0 Å². The second-order valence-electron chi connectivity index (χ2n) is 11.3. The largest absolute Gasteiger partial charge is 0.530 e. The summed E-state index contributed by atoms with van der Waals surface area (Å²) < 4.78 is 34.5. The number of benzene rings is 5. The van der Waals surface area contributed by atoms with Gasteiger partial charge in [-0.05, 0) is 52.6 Å². The molecule has 0 spiro atoms. The van der Waals surface area contributed by atoms with Gasteiger partial charge in [0.1, 0.15) is 5.75 Å². The lowest BCUT2D eigenvalue weighted by Gasteiger charge is -2.20. The molecule has 2 heterocycles. The molecule has 12 heteroatoms. The number of hydrogen-bond acceptors (Lipinski definition) is 7. The zero-order valence-corrected chi connectivity index (χ0v) is 28.8. The minimum absolute atomic E-state index is 0.00390. The van der Waals surface area contributed by atoms with Crippen LogP contribution in [0.2, 0.25) is 10.0 Å². The Labute approximate surface area is 297 Å². The summed E-state index contributed by atoms with van der Waals surface area (Å²) in [7, 11) is -4.19. The maximum atomic E-state index is 14.2. The molecule has 5 aromatic carbocycles. The number of phosphoric acid groups is 1. The Morgan fingerprint density at radius 1 is 0.660 bits per heavy atom. The average molecular weight is 724 g/mol. The summed E-state index contributed by atoms with van der Waals surface area (Å²) in [4.78, 5) is 13.8. The van der Waals surface area contributed by atoms with E-state index in [1.54, 1.807) is 54.7 Å². The number of para-hydroxylation sites is 1. The second kappa shape index (κ2) is 14.8. The Kier molecular flexibility index (Phi) is 9.94. The van der Waals surface area contributed by atoms with Crippen LogP contribution in [0.1, 0.15) is 16.7 Å². The Balaban J connectivity index is 1.24. The van der Waals surface area contributed by atoms with Crippen molar-refractivity contribution in [2.24, 2.45) is 0 Å². The number of rotatable bonds is 12. The molecule has 0 saturated heterocycles. The van der Waals surface area contributed by atoms with Crippen LogP contribution in [0.25, 0.3) is 27.9 Å². The van der Waals surface area contributed by atoms with Gasteiger partial charge in [-0.25, -0.2) is 14.0 Å². The van der Waals surface area contributed by atoms with Crippen molar-refractivity contribution in [1.82, 2.24) is 19.4 Å². The average Bonchev–Trinajstić information content (AvgIpc) is 3.46. The third-order valence-electron chi connectivity index (χ3n) is 7.87. The Hall–Kier alpha value is -5.02. The van der Waals surface area contributed by atoms with E-state index < -0.39 is 13.5 Å². The van der Waals surface area contributed by atoms with Gasteiger partial charge in [-0.1, -0.05) is 126 Å².